The summed E-state index contributed by atoms with van der Waals surface area (Å²) >= 11 is 6.38. The van der Waals surface area contributed by atoms with E-state index in [1.54, 1.807) is 7.11 Å². The molecule has 2 rings (SSSR count). The molecule has 0 bridgehead atoms. The minimum atomic E-state index is 0.694. The first-order valence-electron chi connectivity index (χ1n) is 6.63. The summed E-state index contributed by atoms with van der Waals surface area (Å²) in [5.74, 6) is 0. The highest BCUT2D eigenvalue weighted by atomic mass is 35.5. The van der Waals surface area contributed by atoms with Crippen LogP contribution in [0, 0.1) is 13.8 Å². The van der Waals surface area contributed by atoms with E-state index in [4.69, 9.17) is 16.3 Å². The summed E-state index contributed by atoms with van der Waals surface area (Å²) in [5, 5.41) is 4.08. The van der Waals surface area contributed by atoms with Gasteiger partial charge >= 0.3 is 0 Å². The lowest BCUT2D eigenvalue weighted by Gasteiger charge is -2.14. The maximum atomic E-state index is 6.38. The normalized spacial score (nSPS) is 11.0. The van der Waals surface area contributed by atoms with Gasteiger partial charge in [-0.3, -0.25) is 0 Å². The van der Waals surface area contributed by atoms with Crippen LogP contribution in [0.4, 0.5) is 0 Å². The number of hydrogen-bond acceptors (Lipinski definition) is 3. The minimum absolute atomic E-state index is 0.694. The molecule has 0 saturated carbocycles. The summed E-state index contributed by atoms with van der Waals surface area (Å²) in [5.41, 5.74) is 4.27. The van der Waals surface area contributed by atoms with Crippen LogP contribution in [0.15, 0.2) is 24.5 Å². The van der Waals surface area contributed by atoms with Gasteiger partial charge in [-0.05, 0) is 25.5 Å². The second-order valence-corrected chi connectivity index (χ2v) is 5.11. The van der Waals surface area contributed by atoms with E-state index < -0.39 is 0 Å². The van der Waals surface area contributed by atoms with Gasteiger partial charge in [0.1, 0.15) is 0 Å². The Morgan fingerprint density at radius 1 is 1.35 bits per heavy atom. The molecule has 108 valence electrons. The molecule has 4 nitrogen and oxygen atoms in total. The van der Waals surface area contributed by atoms with Gasteiger partial charge in [0.2, 0.25) is 0 Å². The Kier molecular flexibility index (Phi) is 5.17. The number of benzene rings is 1. The Morgan fingerprint density at radius 3 is 2.80 bits per heavy atom. The summed E-state index contributed by atoms with van der Waals surface area (Å²) in [6.45, 7) is 6.30. The van der Waals surface area contributed by atoms with Crippen molar-refractivity contribution < 1.29 is 4.74 Å². The van der Waals surface area contributed by atoms with Gasteiger partial charge in [0.25, 0.3) is 0 Å². The molecule has 0 fully saturated rings. The number of aromatic nitrogens is 2. The van der Waals surface area contributed by atoms with Gasteiger partial charge in [0, 0.05) is 25.9 Å². The van der Waals surface area contributed by atoms with Crippen LogP contribution in [0.25, 0.3) is 5.69 Å². The second kappa shape index (κ2) is 6.88. The molecule has 1 N–H and O–H groups in total. The number of hydrogen-bond donors (Lipinski definition) is 1. The van der Waals surface area contributed by atoms with Gasteiger partial charge in [0.05, 0.1) is 29.3 Å². The molecule has 0 aliphatic heterocycles. The number of nitrogens with one attached hydrogen (secondary N) is 1. The van der Waals surface area contributed by atoms with Crippen molar-refractivity contribution in [1.82, 2.24) is 14.9 Å². The highest BCUT2D eigenvalue weighted by Gasteiger charge is 2.12. The predicted octanol–water partition coefficient (Wildman–Crippen LogP) is 2.88. The van der Waals surface area contributed by atoms with Crippen LogP contribution in [0.1, 0.15) is 17.0 Å². The number of ether oxygens (including phenoxy) is 1. The van der Waals surface area contributed by atoms with Gasteiger partial charge in [-0.1, -0.05) is 23.7 Å². The third kappa shape index (κ3) is 3.20. The number of halogens is 1. The van der Waals surface area contributed by atoms with E-state index in [0.717, 1.165) is 40.8 Å². The fourth-order valence-corrected chi connectivity index (χ4v) is 2.38. The third-order valence-electron chi connectivity index (χ3n) is 3.36. The van der Waals surface area contributed by atoms with Crippen LogP contribution in [-0.2, 0) is 11.3 Å². The monoisotopic (exact) mass is 293 g/mol. The lowest BCUT2D eigenvalue weighted by atomic mass is 10.1. The summed E-state index contributed by atoms with van der Waals surface area (Å²) in [6, 6.07) is 5.96. The summed E-state index contributed by atoms with van der Waals surface area (Å²) in [7, 11) is 1.70. The van der Waals surface area contributed by atoms with Crippen LogP contribution < -0.4 is 5.32 Å². The van der Waals surface area contributed by atoms with Crippen molar-refractivity contribution in [2.45, 2.75) is 20.4 Å². The standard InChI is InChI=1S/C15H20ClN3O/c1-11-12(2)19(10-18-11)15-13(5-4-6-14(15)16)9-17-7-8-20-3/h4-6,10,17H,7-9H2,1-3H3. The molecule has 20 heavy (non-hydrogen) atoms. The Labute approximate surface area is 124 Å². The molecule has 0 amide bonds. The maximum absolute atomic E-state index is 6.38. The number of aryl methyl sites for hydroxylation is 1. The van der Waals surface area contributed by atoms with E-state index in [-0.39, 0.29) is 0 Å². The van der Waals surface area contributed by atoms with Crippen molar-refractivity contribution in [1.29, 1.82) is 0 Å². The Morgan fingerprint density at radius 2 is 2.15 bits per heavy atom. The number of imidazole rings is 1. The van der Waals surface area contributed by atoms with Gasteiger partial charge in [-0.25, -0.2) is 4.98 Å². The first kappa shape index (κ1) is 15.0. The van der Waals surface area contributed by atoms with Crippen molar-refractivity contribution in [3.05, 3.63) is 46.5 Å². The molecule has 0 saturated heterocycles. The largest absolute Gasteiger partial charge is 0.383 e. The van der Waals surface area contributed by atoms with E-state index in [9.17, 15) is 0 Å². The van der Waals surface area contributed by atoms with Crippen molar-refractivity contribution in [3.63, 3.8) is 0 Å². The predicted molar refractivity (Wildman–Crippen MR) is 81.6 cm³/mol. The lowest BCUT2D eigenvalue weighted by molar-refractivity contribution is 0.199. The molecule has 2 aromatic rings. The van der Waals surface area contributed by atoms with Gasteiger partial charge < -0.3 is 14.6 Å². The number of nitrogens with zero attached hydrogens (tertiary/aromatic N) is 2. The molecule has 0 spiro atoms. The van der Waals surface area contributed by atoms with E-state index in [1.807, 2.05) is 36.9 Å². The Balaban J connectivity index is 2.29. The lowest BCUT2D eigenvalue weighted by Crippen LogP contribution is -2.19. The zero-order valence-electron chi connectivity index (χ0n) is 12.1. The highest BCUT2D eigenvalue weighted by Crippen LogP contribution is 2.26. The summed E-state index contributed by atoms with van der Waals surface area (Å²) in [6.07, 6.45) is 1.82. The van der Waals surface area contributed by atoms with Crippen molar-refractivity contribution in [3.8, 4) is 5.69 Å². The molecule has 1 aromatic carbocycles. The summed E-state index contributed by atoms with van der Waals surface area (Å²) in [4.78, 5) is 4.35. The molecular formula is C15H20ClN3O. The molecule has 0 atom stereocenters. The van der Waals surface area contributed by atoms with Crippen molar-refractivity contribution in [2.24, 2.45) is 0 Å². The SMILES string of the molecule is COCCNCc1cccc(Cl)c1-n1cnc(C)c1C. The third-order valence-corrected chi connectivity index (χ3v) is 3.67. The highest BCUT2D eigenvalue weighted by molar-refractivity contribution is 6.32. The zero-order valence-corrected chi connectivity index (χ0v) is 12.9. The maximum Gasteiger partial charge on any atom is 0.0998 e. The second-order valence-electron chi connectivity index (χ2n) is 4.70. The molecule has 0 aliphatic carbocycles. The first-order chi connectivity index (χ1) is 9.65. The molecule has 1 aromatic heterocycles. The minimum Gasteiger partial charge on any atom is -0.383 e. The average molecular weight is 294 g/mol. The molecule has 0 radical (unpaired) electrons. The van der Waals surface area contributed by atoms with Gasteiger partial charge in [0.15, 0.2) is 0 Å². The molecular weight excluding hydrogens is 274 g/mol. The van der Waals surface area contributed by atoms with Crippen LogP contribution in [0.3, 0.4) is 0 Å². The van der Waals surface area contributed by atoms with Crippen LogP contribution in [-0.4, -0.2) is 29.8 Å². The molecule has 1 heterocycles. The van der Waals surface area contributed by atoms with E-state index in [2.05, 4.69) is 16.4 Å². The van der Waals surface area contributed by atoms with E-state index in [1.165, 1.54) is 0 Å². The van der Waals surface area contributed by atoms with Crippen LogP contribution in [0.5, 0.6) is 0 Å². The van der Waals surface area contributed by atoms with E-state index in [0.29, 0.717) is 6.61 Å². The zero-order chi connectivity index (χ0) is 14.5. The number of rotatable bonds is 6. The average Bonchev–Trinajstić information content (AvgIpc) is 2.76. The Hall–Kier alpha value is -1.36. The van der Waals surface area contributed by atoms with E-state index >= 15 is 0 Å². The Bertz CT molecular complexity index is 580. The van der Waals surface area contributed by atoms with Gasteiger partial charge in [-0.2, -0.15) is 0 Å². The first-order valence-corrected chi connectivity index (χ1v) is 7.01. The molecule has 5 heteroatoms. The number of para-hydroxylation sites is 1. The fourth-order valence-electron chi connectivity index (χ4n) is 2.09. The van der Waals surface area contributed by atoms with Gasteiger partial charge in [-0.15, -0.1) is 0 Å². The number of methoxy groups -OCH3 is 1. The smallest absolute Gasteiger partial charge is 0.0998 e. The van der Waals surface area contributed by atoms with Crippen LogP contribution in [0.2, 0.25) is 5.02 Å². The quantitative estimate of drug-likeness (QED) is 0.833. The fraction of sp³-hybridized carbons (Fsp3) is 0.400. The molecule has 0 aliphatic rings. The molecule has 0 unspecified atom stereocenters. The summed E-state index contributed by atoms with van der Waals surface area (Å²) < 4.78 is 7.08. The van der Waals surface area contributed by atoms with Crippen LogP contribution >= 0.6 is 11.6 Å². The van der Waals surface area contributed by atoms with Crippen molar-refractivity contribution in [2.75, 3.05) is 20.3 Å². The topological polar surface area (TPSA) is 39.1 Å². The van der Waals surface area contributed by atoms with Crippen molar-refractivity contribution >= 4 is 11.6 Å².